The van der Waals surface area contributed by atoms with Crippen molar-refractivity contribution in [2.45, 2.75) is 0 Å². The van der Waals surface area contributed by atoms with Gasteiger partial charge in [-0.25, -0.2) is 0 Å². The highest BCUT2D eigenvalue weighted by atomic mass is 16.2. The number of rotatable bonds is 1. The van der Waals surface area contributed by atoms with Gasteiger partial charge in [-0.05, 0) is 0 Å². The van der Waals surface area contributed by atoms with Crippen LogP contribution in [0.15, 0.2) is 9.59 Å². The van der Waals surface area contributed by atoms with Crippen molar-refractivity contribution >= 4 is 19.4 Å². The third kappa shape index (κ3) is 0.542. The normalized spacial score (nSPS) is 9.78. The van der Waals surface area contributed by atoms with Gasteiger partial charge >= 0.3 is 0 Å². The molecule has 0 bridgehead atoms. The molecule has 1 aromatic carbocycles. The Morgan fingerprint density at radius 1 is 1.33 bits per heavy atom. The molecular formula is C4H5BN2O2. The quantitative estimate of drug-likeness (QED) is 0.330. The van der Waals surface area contributed by atoms with E-state index in [0.717, 1.165) is 0 Å². The van der Waals surface area contributed by atoms with E-state index < -0.39 is 10.9 Å². The fraction of sp³-hybridized carbons (Fsp3) is 0. The minimum absolute atomic E-state index is 0.0440. The summed E-state index contributed by atoms with van der Waals surface area (Å²) in [6.45, 7) is 0. The topological polar surface area (TPSA) is 72.2 Å². The van der Waals surface area contributed by atoms with E-state index in [-0.39, 0.29) is 11.4 Å². The molecule has 0 aliphatic heterocycles. The maximum atomic E-state index is 10.5. The average molecular weight is 124 g/mol. The van der Waals surface area contributed by atoms with Gasteiger partial charge in [0.05, 0.1) is 0 Å². The van der Waals surface area contributed by atoms with E-state index in [1.54, 1.807) is 7.98 Å². The molecule has 0 heterocycles. The Kier molecular flexibility index (Phi) is 1.05. The van der Waals surface area contributed by atoms with Gasteiger partial charge in [-0.15, -0.1) is 0 Å². The van der Waals surface area contributed by atoms with Crippen molar-refractivity contribution in [2.24, 2.45) is 0 Å². The minimum atomic E-state index is -0.584. The van der Waals surface area contributed by atoms with Gasteiger partial charge in [-0.2, -0.15) is 0 Å². The molecule has 0 saturated heterocycles. The van der Waals surface area contributed by atoms with Gasteiger partial charge in [-0.1, -0.05) is 0 Å². The van der Waals surface area contributed by atoms with E-state index in [2.05, 4.69) is 5.23 Å². The van der Waals surface area contributed by atoms with Crippen molar-refractivity contribution < 1.29 is 0 Å². The van der Waals surface area contributed by atoms with Crippen molar-refractivity contribution in [2.75, 3.05) is 11.0 Å². The first-order valence-electron chi connectivity index (χ1n) is 2.45. The summed E-state index contributed by atoms with van der Waals surface area (Å²) in [7, 11) is 1.55. The largest absolute Gasteiger partial charge is 0.429 e. The predicted octanol–water partition coefficient (Wildman–Crippen LogP) is -2.18. The number of nitrogen functional groups attached to an aromatic ring is 1. The second-order valence-corrected chi connectivity index (χ2v) is 1.70. The molecule has 1 aromatic rings. The van der Waals surface area contributed by atoms with E-state index >= 15 is 0 Å². The predicted molar refractivity (Wildman–Crippen MR) is 37.9 cm³/mol. The highest BCUT2D eigenvalue weighted by Crippen LogP contribution is 2.05. The Morgan fingerprint density at radius 2 is 1.89 bits per heavy atom. The fourth-order valence-electron chi connectivity index (χ4n) is 0.657. The first-order chi connectivity index (χ1) is 4.18. The van der Waals surface area contributed by atoms with Crippen LogP contribution >= 0.6 is 0 Å². The summed E-state index contributed by atoms with van der Waals surface area (Å²) in [5.41, 5.74) is 4.29. The van der Waals surface area contributed by atoms with E-state index in [0.29, 0.717) is 0 Å². The van der Waals surface area contributed by atoms with Crippen molar-refractivity contribution in [1.82, 2.24) is 0 Å². The molecule has 0 aliphatic rings. The third-order valence-electron chi connectivity index (χ3n) is 1.20. The monoisotopic (exact) mass is 124 g/mol. The minimum Gasteiger partial charge on any atom is -0.429 e. The van der Waals surface area contributed by atoms with Gasteiger partial charge in [0.15, 0.2) is 0 Å². The maximum absolute atomic E-state index is 10.5. The average Bonchev–Trinajstić information content (AvgIpc) is 1.89. The molecule has 3 N–H and O–H groups in total. The number of anilines is 2. The Hall–Kier alpha value is -1.26. The van der Waals surface area contributed by atoms with Gasteiger partial charge in [0.1, 0.15) is 11.4 Å². The zero-order valence-corrected chi connectivity index (χ0v) is 4.89. The summed E-state index contributed by atoms with van der Waals surface area (Å²) >= 11 is 0. The van der Waals surface area contributed by atoms with Gasteiger partial charge in [0.25, 0.3) is 10.9 Å². The Bertz CT molecular complexity index is 299. The molecule has 0 amide bonds. The van der Waals surface area contributed by atoms with Crippen LogP contribution in [0.2, 0.25) is 0 Å². The smallest absolute Gasteiger partial charge is 0.252 e. The summed E-state index contributed by atoms with van der Waals surface area (Å²) < 4.78 is 0. The van der Waals surface area contributed by atoms with Crippen LogP contribution in [0.1, 0.15) is 0 Å². The SMILES string of the molecule is BNc1c(N)c(=O)c1=O. The van der Waals surface area contributed by atoms with E-state index in [9.17, 15) is 9.59 Å². The summed E-state index contributed by atoms with van der Waals surface area (Å²) in [6, 6.07) is 0. The van der Waals surface area contributed by atoms with Gasteiger partial charge < -0.3 is 11.0 Å². The number of nitrogens with one attached hydrogen (secondary N) is 1. The van der Waals surface area contributed by atoms with Crippen molar-refractivity contribution in [3.8, 4) is 0 Å². The Morgan fingerprint density at radius 3 is 2.11 bits per heavy atom. The molecule has 0 saturated carbocycles. The van der Waals surface area contributed by atoms with Crippen molar-refractivity contribution in [1.29, 1.82) is 0 Å². The molecular weight excluding hydrogens is 119 g/mol. The number of nitrogens with two attached hydrogens (primary N) is 1. The molecule has 0 radical (unpaired) electrons. The van der Waals surface area contributed by atoms with Crippen LogP contribution in [0.4, 0.5) is 11.4 Å². The lowest BCUT2D eigenvalue weighted by Gasteiger charge is -2.03. The van der Waals surface area contributed by atoms with Crippen molar-refractivity contribution in [3.63, 3.8) is 0 Å². The fourth-order valence-corrected chi connectivity index (χ4v) is 0.657. The molecule has 0 aromatic heterocycles. The van der Waals surface area contributed by atoms with Gasteiger partial charge in [0.2, 0.25) is 7.98 Å². The first-order valence-corrected chi connectivity index (χ1v) is 2.45. The second kappa shape index (κ2) is 1.61. The van der Waals surface area contributed by atoms with E-state index in [1.165, 1.54) is 0 Å². The zero-order valence-electron chi connectivity index (χ0n) is 4.89. The Balaban J connectivity index is 3.25. The Labute approximate surface area is 51.8 Å². The first kappa shape index (κ1) is 5.87. The van der Waals surface area contributed by atoms with Crippen LogP contribution in [0.5, 0.6) is 0 Å². The summed E-state index contributed by atoms with van der Waals surface area (Å²) in [5.74, 6) is 0. The summed E-state index contributed by atoms with van der Waals surface area (Å²) in [5, 5.41) is 2.52. The van der Waals surface area contributed by atoms with E-state index in [1.807, 2.05) is 0 Å². The molecule has 0 atom stereocenters. The molecule has 0 aliphatic carbocycles. The van der Waals surface area contributed by atoms with Crippen LogP contribution in [0, 0.1) is 0 Å². The van der Waals surface area contributed by atoms with Crippen LogP contribution < -0.4 is 21.8 Å². The number of hydrogen-bond acceptors (Lipinski definition) is 4. The van der Waals surface area contributed by atoms with Gasteiger partial charge in [-0.3, -0.25) is 9.59 Å². The van der Waals surface area contributed by atoms with Crippen LogP contribution in [-0.2, 0) is 0 Å². The molecule has 1 rings (SSSR count). The van der Waals surface area contributed by atoms with Crippen LogP contribution in [-0.4, -0.2) is 7.98 Å². The highest BCUT2D eigenvalue weighted by Gasteiger charge is 2.14. The van der Waals surface area contributed by atoms with Gasteiger partial charge in [0, 0.05) is 0 Å². The highest BCUT2D eigenvalue weighted by molar-refractivity contribution is 6.17. The van der Waals surface area contributed by atoms with Crippen molar-refractivity contribution in [3.05, 3.63) is 20.4 Å². The molecule has 0 spiro atoms. The van der Waals surface area contributed by atoms with Crippen LogP contribution in [0.25, 0.3) is 0 Å². The lowest BCUT2D eigenvalue weighted by molar-refractivity contribution is 1.42. The summed E-state index contributed by atoms with van der Waals surface area (Å²) in [6.07, 6.45) is 0. The molecule has 0 fully saturated rings. The molecule has 9 heavy (non-hydrogen) atoms. The second-order valence-electron chi connectivity index (χ2n) is 1.70. The standard InChI is InChI=1S/C4H5BN2O2/c5-7-2-1(6)3(8)4(2)9/h7H,5-6H2. The maximum Gasteiger partial charge on any atom is 0.252 e. The zero-order chi connectivity index (χ0) is 7.02. The third-order valence-corrected chi connectivity index (χ3v) is 1.20. The lowest BCUT2D eigenvalue weighted by Crippen LogP contribution is -2.36. The van der Waals surface area contributed by atoms with Crippen LogP contribution in [0.3, 0.4) is 0 Å². The number of hydrogen-bond donors (Lipinski definition) is 2. The summed E-state index contributed by atoms with van der Waals surface area (Å²) in [4.78, 5) is 20.8. The lowest BCUT2D eigenvalue weighted by atomic mass is 10.2. The van der Waals surface area contributed by atoms with E-state index in [4.69, 9.17) is 5.73 Å². The molecule has 4 nitrogen and oxygen atoms in total. The molecule has 0 unspecified atom stereocenters. The molecule has 5 heteroatoms. The molecule has 46 valence electrons.